The van der Waals surface area contributed by atoms with E-state index in [0.717, 1.165) is 11.9 Å². The van der Waals surface area contributed by atoms with Crippen molar-refractivity contribution in [2.45, 2.75) is 5.92 Å². The quantitative estimate of drug-likeness (QED) is 0.606. The summed E-state index contributed by atoms with van der Waals surface area (Å²) >= 11 is 0. The number of carboxylic acid groups (broad SMARTS) is 1. The molecule has 1 saturated heterocycles. The van der Waals surface area contributed by atoms with Crippen LogP contribution in [0.25, 0.3) is 0 Å². The number of carbonyl (C=O) groups is 2. The number of hydrogen-bond donors (Lipinski definition) is 1. The molecule has 0 radical (unpaired) electrons. The average molecular weight is 179 g/mol. The highest BCUT2D eigenvalue weighted by Crippen LogP contribution is 2.33. The third kappa shape index (κ3) is 1.03. The Morgan fingerprint density at radius 2 is 2.25 bits per heavy atom. The number of carboxylic acids is 1. The molecule has 1 rings (SSSR count). The van der Waals surface area contributed by atoms with Crippen LogP contribution in [-0.4, -0.2) is 41.4 Å². The summed E-state index contributed by atoms with van der Waals surface area (Å²) in [6.45, 7) is -0.429. The Morgan fingerprint density at radius 1 is 1.75 bits per heavy atom. The monoisotopic (exact) mass is 179 g/mol. The lowest BCUT2D eigenvalue weighted by Gasteiger charge is -2.10. The van der Waals surface area contributed by atoms with Crippen LogP contribution < -0.4 is 0 Å². The van der Waals surface area contributed by atoms with Crippen molar-refractivity contribution in [3.05, 3.63) is 0 Å². The average Bonchev–Trinajstić information content (AvgIpc) is 2.13. The van der Waals surface area contributed by atoms with Gasteiger partial charge in [-0.25, -0.2) is 0 Å². The molecule has 0 aromatic heterocycles. The zero-order valence-corrected chi connectivity index (χ0v) is 6.25. The van der Waals surface area contributed by atoms with E-state index in [1.165, 1.54) is 0 Å². The molecule has 1 atom stereocenters. The fourth-order valence-electron chi connectivity index (χ4n) is 1.11. The molecule has 0 aliphatic carbocycles. The van der Waals surface area contributed by atoms with Gasteiger partial charge in [0.15, 0.2) is 0 Å². The van der Waals surface area contributed by atoms with Crippen molar-refractivity contribution < 1.29 is 23.5 Å². The summed E-state index contributed by atoms with van der Waals surface area (Å²) in [7, 11) is 1.15. The summed E-state index contributed by atoms with van der Waals surface area (Å²) in [6, 6.07) is 0. The molecule has 0 saturated carbocycles. The largest absolute Gasteiger partial charge is 0.481 e. The van der Waals surface area contributed by atoms with Gasteiger partial charge >= 0.3 is 11.9 Å². The van der Waals surface area contributed by atoms with Crippen molar-refractivity contribution in [2.24, 2.45) is 5.92 Å². The van der Waals surface area contributed by atoms with Crippen molar-refractivity contribution in [3.8, 4) is 0 Å². The number of carbonyl (C=O) groups excluding carboxylic acids is 1. The van der Waals surface area contributed by atoms with Gasteiger partial charge in [-0.15, -0.1) is 0 Å². The highest BCUT2D eigenvalue weighted by Gasteiger charge is 2.58. The second-order valence-electron chi connectivity index (χ2n) is 2.70. The van der Waals surface area contributed by atoms with Gasteiger partial charge in [0.25, 0.3) is 5.91 Å². The summed E-state index contributed by atoms with van der Waals surface area (Å²) in [5.74, 6) is -8.72. The summed E-state index contributed by atoms with van der Waals surface area (Å²) < 4.78 is 25.5. The van der Waals surface area contributed by atoms with Gasteiger partial charge in [0.05, 0.1) is 0 Å². The minimum absolute atomic E-state index is 0.429. The maximum atomic E-state index is 12.7. The van der Waals surface area contributed by atoms with E-state index in [4.69, 9.17) is 5.11 Å². The minimum atomic E-state index is -3.75. The molecule has 1 aliphatic heterocycles. The van der Waals surface area contributed by atoms with Gasteiger partial charge in [0, 0.05) is 13.6 Å². The summed E-state index contributed by atoms with van der Waals surface area (Å²) in [5, 5.41) is 8.33. The first-order valence-electron chi connectivity index (χ1n) is 3.23. The second-order valence-corrected chi connectivity index (χ2v) is 2.70. The van der Waals surface area contributed by atoms with E-state index < -0.39 is 30.3 Å². The topological polar surface area (TPSA) is 57.6 Å². The van der Waals surface area contributed by atoms with E-state index in [-0.39, 0.29) is 0 Å². The van der Waals surface area contributed by atoms with Crippen molar-refractivity contribution >= 4 is 11.9 Å². The molecule has 6 heteroatoms. The molecule has 1 aliphatic rings. The van der Waals surface area contributed by atoms with Gasteiger partial charge in [-0.3, -0.25) is 9.59 Å². The van der Waals surface area contributed by atoms with Gasteiger partial charge in [-0.1, -0.05) is 0 Å². The van der Waals surface area contributed by atoms with Crippen LogP contribution in [0, 0.1) is 5.92 Å². The Kier molecular flexibility index (Phi) is 1.78. The lowest BCUT2D eigenvalue weighted by Crippen LogP contribution is -2.36. The van der Waals surface area contributed by atoms with Crippen LogP contribution in [-0.2, 0) is 9.59 Å². The van der Waals surface area contributed by atoms with Crippen molar-refractivity contribution in [1.82, 2.24) is 4.90 Å². The van der Waals surface area contributed by atoms with Crippen molar-refractivity contribution in [2.75, 3.05) is 13.6 Å². The van der Waals surface area contributed by atoms with E-state index in [0.29, 0.717) is 0 Å². The second kappa shape index (κ2) is 2.40. The number of likely N-dealkylation sites (tertiary alicyclic amines) is 1. The maximum absolute atomic E-state index is 12.7. The first kappa shape index (κ1) is 8.89. The van der Waals surface area contributed by atoms with Crippen LogP contribution in [0.1, 0.15) is 0 Å². The molecule has 12 heavy (non-hydrogen) atoms. The molecule has 1 fully saturated rings. The van der Waals surface area contributed by atoms with E-state index >= 15 is 0 Å². The Morgan fingerprint density at radius 3 is 2.42 bits per heavy atom. The number of alkyl halides is 2. The third-order valence-electron chi connectivity index (χ3n) is 1.82. The summed E-state index contributed by atoms with van der Waals surface area (Å²) in [6.07, 6.45) is 0. The first-order valence-corrected chi connectivity index (χ1v) is 3.23. The standard InChI is InChI=1S/C6H7F2NO3/c1-9-2-3(4(10)11)6(7,8)5(9)12/h3H,2H2,1H3,(H,10,11). The molecule has 1 amide bonds. The molecule has 1 heterocycles. The maximum Gasteiger partial charge on any atom is 0.339 e. The highest BCUT2D eigenvalue weighted by atomic mass is 19.3. The smallest absolute Gasteiger partial charge is 0.339 e. The summed E-state index contributed by atoms with van der Waals surface area (Å²) in [4.78, 5) is 21.6. The van der Waals surface area contributed by atoms with Gasteiger partial charge in [0.1, 0.15) is 5.92 Å². The van der Waals surface area contributed by atoms with E-state index in [1.807, 2.05) is 0 Å². The molecule has 0 aromatic rings. The molecule has 0 bridgehead atoms. The third-order valence-corrected chi connectivity index (χ3v) is 1.82. The van der Waals surface area contributed by atoms with Gasteiger partial charge < -0.3 is 10.0 Å². The SMILES string of the molecule is CN1CC(C(=O)O)C(F)(F)C1=O. The lowest BCUT2D eigenvalue weighted by molar-refractivity contribution is -0.161. The van der Waals surface area contributed by atoms with E-state index in [1.54, 1.807) is 0 Å². The zero-order valence-electron chi connectivity index (χ0n) is 6.25. The van der Waals surface area contributed by atoms with E-state index in [2.05, 4.69) is 0 Å². The molecule has 1 N–H and O–H groups in total. The van der Waals surface area contributed by atoms with Crippen LogP contribution >= 0.6 is 0 Å². The molecule has 68 valence electrons. The van der Waals surface area contributed by atoms with Crippen LogP contribution in [0.4, 0.5) is 8.78 Å². The molecular weight excluding hydrogens is 172 g/mol. The number of hydrogen-bond acceptors (Lipinski definition) is 2. The predicted octanol–water partition coefficient (Wildman–Crippen LogP) is -0.205. The molecule has 4 nitrogen and oxygen atoms in total. The highest BCUT2D eigenvalue weighted by molar-refractivity contribution is 5.92. The van der Waals surface area contributed by atoms with Crippen LogP contribution in [0.2, 0.25) is 0 Å². The molecule has 0 aromatic carbocycles. The van der Waals surface area contributed by atoms with Crippen LogP contribution in [0.5, 0.6) is 0 Å². The Labute approximate surface area is 66.8 Å². The molecule has 1 unspecified atom stereocenters. The predicted molar refractivity (Wildman–Crippen MR) is 33.7 cm³/mol. The molecular formula is C6H7F2NO3. The minimum Gasteiger partial charge on any atom is -0.481 e. The Bertz CT molecular complexity index is 241. The Balaban J connectivity index is 2.95. The number of nitrogens with zero attached hydrogens (tertiary/aromatic N) is 1. The Hall–Kier alpha value is -1.20. The molecule has 0 spiro atoms. The van der Waals surface area contributed by atoms with Gasteiger partial charge in [-0.05, 0) is 0 Å². The fraction of sp³-hybridized carbons (Fsp3) is 0.667. The number of aliphatic carboxylic acids is 1. The van der Waals surface area contributed by atoms with Gasteiger partial charge in [-0.2, -0.15) is 8.78 Å². The van der Waals surface area contributed by atoms with Crippen LogP contribution in [0.15, 0.2) is 0 Å². The first-order chi connectivity index (χ1) is 5.37. The zero-order chi connectivity index (χ0) is 9.52. The van der Waals surface area contributed by atoms with Crippen molar-refractivity contribution in [3.63, 3.8) is 0 Å². The lowest BCUT2D eigenvalue weighted by atomic mass is 10.1. The number of rotatable bonds is 1. The van der Waals surface area contributed by atoms with E-state index in [9.17, 15) is 18.4 Å². The van der Waals surface area contributed by atoms with Crippen molar-refractivity contribution in [1.29, 1.82) is 0 Å². The van der Waals surface area contributed by atoms with Gasteiger partial charge in [0.2, 0.25) is 0 Å². The summed E-state index contributed by atoms with van der Waals surface area (Å²) in [5.41, 5.74) is 0. The normalized spacial score (nSPS) is 27.8. The fourth-order valence-corrected chi connectivity index (χ4v) is 1.11. The number of halogens is 2. The number of amides is 1. The van der Waals surface area contributed by atoms with Crippen LogP contribution in [0.3, 0.4) is 0 Å².